The second kappa shape index (κ2) is 4.80. The molecule has 0 atom stereocenters. The number of aromatic carboxylic acids is 1. The van der Waals surface area contributed by atoms with E-state index in [-0.39, 0.29) is 12.3 Å². The third-order valence-corrected chi connectivity index (χ3v) is 2.47. The van der Waals surface area contributed by atoms with E-state index in [0.717, 1.165) is 11.1 Å². The standard InChI is InChI=1S/C12H12N2O3/c15-8-10-3-1-9(2-4-10)7-14-11(12(16)17)5-6-13-14/h1-6,15H,7-8H2,(H,16,17). The Kier molecular flexibility index (Phi) is 3.20. The summed E-state index contributed by atoms with van der Waals surface area (Å²) < 4.78 is 1.43. The van der Waals surface area contributed by atoms with Gasteiger partial charge < -0.3 is 10.2 Å². The van der Waals surface area contributed by atoms with Gasteiger partial charge in [-0.1, -0.05) is 24.3 Å². The van der Waals surface area contributed by atoms with Gasteiger partial charge in [-0.25, -0.2) is 4.79 Å². The van der Waals surface area contributed by atoms with Gasteiger partial charge in [0.1, 0.15) is 5.69 Å². The molecule has 0 radical (unpaired) electrons. The van der Waals surface area contributed by atoms with E-state index in [9.17, 15) is 4.79 Å². The van der Waals surface area contributed by atoms with Gasteiger partial charge in [0, 0.05) is 6.20 Å². The maximum atomic E-state index is 10.9. The Bertz CT molecular complexity index is 517. The average molecular weight is 232 g/mol. The van der Waals surface area contributed by atoms with Crippen LogP contribution >= 0.6 is 0 Å². The highest BCUT2D eigenvalue weighted by Gasteiger charge is 2.09. The topological polar surface area (TPSA) is 75.3 Å². The fourth-order valence-corrected chi connectivity index (χ4v) is 1.56. The van der Waals surface area contributed by atoms with Crippen LogP contribution in [0.2, 0.25) is 0 Å². The number of carboxylic acids is 1. The largest absolute Gasteiger partial charge is 0.477 e. The van der Waals surface area contributed by atoms with Gasteiger partial charge >= 0.3 is 5.97 Å². The van der Waals surface area contributed by atoms with Gasteiger partial charge in [-0.05, 0) is 17.2 Å². The molecule has 0 aliphatic carbocycles. The summed E-state index contributed by atoms with van der Waals surface area (Å²) in [5, 5.41) is 21.8. The maximum absolute atomic E-state index is 10.9. The first-order chi connectivity index (χ1) is 8.20. The Hall–Kier alpha value is -2.14. The van der Waals surface area contributed by atoms with Crippen LogP contribution in [0.4, 0.5) is 0 Å². The highest BCUT2D eigenvalue weighted by Crippen LogP contribution is 2.08. The molecule has 0 amide bonds. The molecule has 2 rings (SSSR count). The first-order valence-corrected chi connectivity index (χ1v) is 5.14. The van der Waals surface area contributed by atoms with Crippen LogP contribution in [0.1, 0.15) is 21.6 Å². The minimum Gasteiger partial charge on any atom is -0.477 e. The fourth-order valence-electron chi connectivity index (χ4n) is 1.56. The molecule has 1 heterocycles. The molecule has 0 bridgehead atoms. The number of carbonyl (C=O) groups is 1. The molecule has 2 aromatic rings. The fraction of sp³-hybridized carbons (Fsp3) is 0.167. The highest BCUT2D eigenvalue weighted by atomic mass is 16.4. The van der Waals surface area contributed by atoms with Crippen molar-refractivity contribution in [2.24, 2.45) is 0 Å². The van der Waals surface area contributed by atoms with Crippen molar-refractivity contribution >= 4 is 5.97 Å². The van der Waals surface area contributed by atoms with E-state index in [4.69, 9.17) is 10.2 Å². The van der Waals surface area contributed by atoms with Crippen LogP contribution in [0.15, 0.2) is 36.5 Å². The molecule has 5 heteroatoms. The van der Waals surface area contributed by atoms with Crippen molar-refractivity contribution in [2.45, 2.75) is 13.2 Å². The van der Waals surface area contributed by atoms with E-state index >= 15 is 0 Å². The summed E-state index contributed by atoms with van der Waals surface area (Å²) in [6.45, 7) is 0.406. The smallest absolute Gasteiger partial charge is 0.354 e. The molecule has 0 aliphatic heterocycles. The third-order valence-electron chi connectivity index (χ3n) is 2.47. The predicted molar refractivity (Wildman–Crippen MR) is 60.7 cm³/mol. The molecular formula is C12H12N2O3. The number of nitrogens with zero attached hydrogens (tertiary/aromatic N) is 2. The lowest BCUT2D eigenvalue weighted by atomic mass is 10.1. The SMILES string of the molecule is O=C(O)c1ccnn1Cc1ccc(CO)cc1. The van der Waals surface area contributed by atoms with E-state index in [1.807, 2.05) is 12.1 Å². The molecule has 2 N–H and O–H groups in total. The first-order valence-electron chi connectivity index (χ1n) is 5.14. The summed E-state index contributed by atoms with van der Waals surface area (Å²) in [4.78, 5) is 10.9. The monoisotopic (exact) mass is 232 g/mol. The van der Waals surface area contributed by atoms with Crippen molar-refractivity contribution in [2.75, 3.05) is 0 Å². The number of aliphatic hydroxyl groups is 1. The van der Waals surface area contributed by atoms with Crippen LogP contribution in [0.25, 0.3) is 0 Å². The van der Waals surface area contributed by atoms with Crippen LogP contribution in [-0.4, -0.2) is 26.0 Å². The van der Waals surface area contributed by atoms with Gasteiger partial charge in [-0.2, -0.15) is 5.10 Å². The molecule has 0 saturated carbocycles. The molecule has 0 fully saturated rings. The molecule has 0 saturated heterocycles. The van der Waals surface area contributed by atoms with E-state index in [0.29, 0.717) is 6.54 Å². The summed E-state index contributed by atoms with van der Waals surface area (Å²) in [5.74, 6) is -0.991. The Balaban J connectivity index is 2.19. The minimum absolute atomic E-state index is 0.00241. The molecule has 88 valence electrons. The number of carboxylic acid groups (broad SMARTS) is 1. The van der Waals surface area contributed by atoms with Gasteiger partial charge in [-0.3, -0.25) is 4.68 Å². The molecule has 0 aliphatic rings. The van der Waals surface area contributed by atoms with Crippen LogP contribution < -0.4 is 0 Å². The Morgan fingerprint density at radius 2 is 1.82 bits per heavy atom. The average Bonchev–Trinajstić information content (AvgIpc) is 2.78. The zero-order chi connectivity index (χ0) is 12.3. The second-order valence-electron chi connectivity index (χ2n) is 3.65. The Morgan fingerprint density at radius 3 is 2.41 bits per heavy atom. The van der Waals surface area contributed by atoms with Gasteiger partial charge in [0.2, 0.25) is 0 Å². The lowest BCUT2D eigenvalue weighted by Crippen LogP contribution is -2.10. The van der Waals surface area contributed by atoms with Crippen molar-refractivity contribution < 1.29 is 15.0 Å². The van der Waals surface area contributed by atoms with Gasteiger partial charge in [0.15, 0.2) is 0 Å². The highest BCUT2D eigenvalue weighted by molar-refractivity contribution is 5.85. The zero-order valence-electron chi connectivity index (χ0n) is 9.08. The number of hydrogen-bond acceptors (Lipinski definition) is 3. The molecule has 5 nitrogen and oxygen atoms in total. The van der Waals surface area contributed by atoms with Crippen molar-refractivity contribution in [1.29, 1.82) is 0 Å². The van der Waals surface area contributed by atoms with Crippen LogP contribution in [0.3, 0.4) is 0 Å². The number of aromatic nitrogens is 2. The summed E-state index contributed by atoms with van der Waals surface area (Å²) in [5.41, 5.74) is 1.93. The number of aliphatic hydroxyl groups excluding tert-OH is 1. The van der Waals surface area contributed by atoms with Crippen LogP contribution in [0, 0.1) is 0 Å². The van der Waals surface area contributed by atoms with Crippen LogP contribution in [0.5, 0.6) is 0 Å². The maximum Gasteiger partial charge on any atom is 0.354 e. The number of hydrogen-bond donors (Lipinski definition) is 2. The van der Waals surface area contributed by atoms with E-state index in [1.165, 1.54) is 16.9 Å². The summed E-state index contributed by atoms with van der Waals surface area (Å²) >= 11 is 0. The van der Waals surface area contributed by atoms with Gasteiger partial charge in [0.05, 0.1) is 13.2 Å². The number of rotatable bonds is 4. The molecule has 17 heavy (non-hydrogen) atoms. The van der Waals surface area contributed by atoms with Gasteiger partial charge in [-0.15, -0.1) is 0 Å². The van der Waals surface area contributed by atoms with E-state index < -0.39 is 5.97 Å². The predicted octanol–water partition coefficient (Wildman–Crippen LogP) is 1.12. The third kappa shape index (κ3) is 2.51. The Morgan fingerprint density at radius 1 is 1.18 bits per heavy atom. The molecule has 0 spiro atoms. The second-order valence-corrected chi connectivity index (χ2v) is 3.65. The van der Waals surface area contributed by atoms with Gasteiger partial charge in [0.25, 0.3) is 0 Å². The zero-order valence-corrected chi connectivity index (χ0v) is 9.08. The quantitative estimate of drug-likeness (QED) is 0.828. The molecular weight excluding hydrogens is 220 g/mol. The van der Waals surface area contributed by atoms with Crippen molar-refractivity contribution in [1.82, 2.24) is 9.78 Å². The molecule has 1 aromatic heterocycles. The summed E-state index contributed by atoms with van der Waals surface area (Å²) in [6, 6.07) is 8.76. The summed E-state index contributed by atoms with van der Waals surface area (Å²) in [7, 11) is 0. The first kappa shape index (κ1) is 11.3. The van der Waals surface area contributed by atoms with Crippen molar-refractivity contribution in [3.05, 3.63) is 53.3 Å². The Labute approximate surface area is 97.9 Å². The lowest BCUT2D eigenvalue weighted by molar-refractivity contribution is 0.0684. The minimum atomic E-state index is -0.991. The molecule has 1 aromatic carbocycles. The van der Waals surface area contributed by atoms with Crippen LogP contribution in [-0.2, 0) is 13.2 Å². The van der Waals surface area contributed by atoms with Crippen molar-refractivity contribution in [3.8, 4) is 0 Å². The normalized spacial score (nSPS) is 10.4. The van der Waals surface area contributed by atoms with Crippen molar-refractivity contribution in [3.63, 3.8) is 0 Å². The molecule has 0 unspecified atom stereocenters. The lowest BCUT2D eigenvalue weighted by Gasteiger charge is -2.05. The van der Waals surface area contributed by atoms with E-state index in [2.05, 4.69) is 5.10 Å². The number of benzene rings is 1. The van der Waals surface area contributed by atoms with E-state index in [1.54, 1.807) is 12.1 Å². The summed E-state index contributed by atoms with van der Waals surface area (Å²) in [6.07, 6.45) is 1.46.